The zero-order chi connectivity index (χ0) is 39.6. The molecule has 14 heteroatoms. The molecule has 296 valence electrons. The molecule has 3 aromatic carbocycles. The van der Waals surface area contributed by atoms with Crippen LogP contribution in [-0.4, -0.2) is 103 Å². The fraction of sp³-hybridized carbons (Fsp3) is 0.442. The van der Waals surface area contributed by atoms with Crippen molar-refractivity contribution in [3.05, 3.63) is 87.9 Å². The Kier molecular flexibility index (Phi) is 11.2. The first-order valence-corrected chi connectivity index (χ1v) is 20.4. The first kappa shape index (κ1) is 38.4. The Labute approximate surface area is 336 Å². The molecule has 1 atom stereocenters. The number of halogens is 1. The van der Waals surface area contributed by atoms with Crippen LogP contribution in [0.4, 0.5) is 11.4 Å². The maximum absolute atomic E-state index is 13.3. The second kappa shape index (κ2) is 16.6. The van der Waals surface area contributed by atoms with Crippen molar-refractivity contribution in [3.8, 4) is 11.8 Å². The van der Waals surface area contributed by atoms with E-state index in [4.69, 9.17) is 21.6 Å². The van der Waals surface area contributed by atoms with Gasteiger partial charge < -0.3 is 19.9 Å². The topological polar surface area (TPSA) is 155 Å². The molecule has 8 rings (SSSR count). The van der Waals surface area contributed by atoms with Crippen LogP contribution in [0.15, 0.2) is 60.7 Å². The zero-order valence-electron chi connectivity index (χ0n) is 31.8. The summed E-state index contributed by atoms with van der Waals surface area (Å²) in [5.74, 6) is -0.768. The maximum atomic E-state index is 13.3. The SMILES string of the molecule is N#Cc1ccc(OC2CCC(NC(=O)c3ccc(N4CCC(CN5CCN(c6ccc7c(c6)C(=O)N([C@@H]6CCC(=O)NC6=O)C7=O)CC5)CC4)cc3)CC2)cc1Cl. The van der Waals surface area contributed by atoms with Gasteiger partial charge >= 0.3 is 0 Å². The molecule has 1 aliphatic carbocycles. The second-order valence-corrected chi connectivity index (χ2v) is 16.2. The number of anilines is 2. The van der Waals surface area contributed by atoms with E-state index in [1.165, 1.54) is 0 Å². The van der Waals surface area contributed by atoms with E-state index in [-0.39, 0.29) is 30.9 Å². The Hall–Kier alpha value is -5.45. The number of hydrogen-bond acceptors (Lipinski definition) is 10. The average Bonchev–Trinajstić information content (AvgIpc) is 3.47. The molecule has 0 bridgehead atoms. The highest BCUT2D eigenvalue weighted by Gasteiger charge is 2.45. The highest BCUT2D eigenvalue weighted by molar-refractivity contribution is 6.31. The normalized spacial score (nSPS) is 23.2. The standard InChI is InChI=1S/C43H46ClN7O6/c44-37-24-34(9-3-29(37)25-45)57-33-10-4-30(5-11-33)46-40(53)28-1-6-31(7-2-28)49-17-15-27(16-18-49)26-48-19-21-50(22-20-48)32-8-12-35-36(23-32)43(56)51(42(35)55)38-13-14-39(52)47-41(38)54/h1-3,6-9,12,23-24,27,30,33,38H,4-5,10-11,13-22,26H2,(H,46,53)(H,47,52,54)/t30?,33?,38-/m1/s1. The van der Waals surface area contributed by atoms with Crippen LogP contribution in [0, 0.1) is 17.2 Å². The van der Waals surface area contributed by atoms with Gasteiger partial charge in [-0.2, -0.15) is 5.26 Å². The zero-order valence-corrected chi connectivity index (χ0v) is 32.5. The van der Waals surface area contributed by atoms with Crippen LogP contribution in [0.1, 0.15) is 88.0 Å². The molecular weight excluding hydrogens is 746 g/mol. The number of fused-ring (bicyclic) bond motifs is 1. The summed E-state index contributed by atoms with van der Waals surface area (Å²) in [6, 6.07) is 19.6. The van der Waals surface area contributed by atoms with Crippen molar-refractivity contribution in [2.75, 3.05) is 55.6 Å². The Bertz CT molecular complexity index is 2100. The van der Waals surface area contributed by atoms with Gasteiger partial charge in [-0.1, -0.05) is 11.6 Å². The van der Waals surface area contributed by atoms with Crippen molar-refractivity contribution in [2.24, 2.45) is 5.92 Å². The number of carbonyl (C=O) groups excluding carboxylic acids is 5. The van der Waals surface area contributed by atoms with Crippen molar-refractivity contribution in [1.29, 1.82) is 5.26 Å². The number of nitrogens with zero attached hydrogens (tertiary/aromatic N) is 5. The summed E-state index contributed by atoms with van der Waals surface area (Å²) < 4.78 is 6.10. The summed E-state index contributed by atoms with van der Waals surface area (Å²) in [5.41, 5.74) is 3.71. The van der Waals surface area contributed by atoms with Gasteiger partial charge in [0.1, 0.15) is 17.9 Å². The highest BCUT2D eigenvalue weighted by atomic mass is 35.5. The van der Waals surface area contributed by atoms with E-state index in [2.05, 4.69) is 43.5 Å². The van der Waals surface area contributed by atoms with Gasteiger partial charge in [-0.3, -0.25) is 39.1 Å². The van der Waals surface area contributed by atoms with Crippen LogP contribution in [0.5, 0.6) is 5.75 Å². The van der Waals surface area contributed by atoms with E-state index in [0.29, 0.717) is 38.9 Å². The van der Waals surface area contributed by atoms with Crippen LogP contribution in [0.2, 0.25) is 5.02 Å². The van der Waals surface area contributed by atoms with Crippen molar-refractivity contribution < 1.29 is 28.7 Å². The number of amides is 5. The molecule has 2 N–H and O–H groups in total. The predicted molar refractivity (Wildman–Crippen MR) is 213 cm³/mol. The molecule has 5 aliphatic rings. The second-order valence-electron chi connectivity index (χ2n) is 15.8. The molecule has 4 heterocycles. The van der Waals surface area contributed by atoms with Gasteiger partial charge in [0.25, 0.3) is 17.7 Å². The molecule has 1 saturated carbocycles. The number of hydrogen-bond donors (Lipinski definition) is 2. The van der Waals surface area contributed by atoms with Crippen molar-refractivity contribution in [1.82, 2.24) is 20.4 Å². The van der Waals surface area contributed by atoms with Gasteiger partial charge in [-0.05, 0) is 105 Å². The number of nitriles is 1. The summed E-state index contributed by atoms with van der Waals surface area (Å²) in [6.45, 7) is 6.39. The van der Waals surface area contributed by atoms with Crippen molar-refractivity contribution >= 4 is 52.5 Å². The number of piperidine rings is 2. The summed E-state index contributed by atoms with van der Waals surface area (Å²) in [4.78, 5) is 71.7. The van der Waals surface area contributed by atoms with E-state index < -0.39 is 29.7 Å². The minimum absolute atomic E-state index is 0.0463. The third-order valence-corrected chi connectivity index (χ3v) is 12.5. The number of ether oxygens (including phenoxy) is 1. The largest absolute Gasteiger partial charge is 0.490 e. The van der Waals surface area contributed by atoms with E-state index in [9.17, 15) is 24.0 Å². The minimum atomic E-state index is -0.971. The number of benzene rings is 3. The third-order valence-electron chi connectivity index (χ3n) is 12.2. The summed E-state index contributed by atoms with van der Waals surface area (Å²) in [5, 5.41) is 14.9. The molecule has 13 nitrogen and oxygen atoms in total. The fourth-order valence-corrected chi connectivity index (χ4v) is 9.07. The molecule has 0 spiro atoms. The van der Waals surface area contributed by atoms with Crippen molar-refractivity contribution in [2.45, 2.75) is 69.6 Å². The highest BCUT2D eigenvalue weighted by Crippen LogP contribution is 2.32. The molecule has 0 aromatic heterocycles. The van der Waals surface area contributed by atoms with Gasteiger partial charge in [-0.25, -0.2) is 0 Å². The maximum Gasteiger partial charge on any atom is 0.262 e. The molecular formula is C43H46ClN7O6. The Balaban J connectivity index is 0.753. The molecule has 57 heavy (non-hydrogen) atoms. The predicted octanol–water partition coefficient (Wildman–Crippen LogP) is 4.77. The first-order chi connectivity index (χ1) is 27.6. The Morgan fingerprint density at radius 2 is 1.47 bits per heavy atom. The lowest BCUT2D eigenvalue weighted by Crippen LogP contribution is -2.54. The van der Waals surface area contributed by atoms with Crippen LogP contribution in [0.25, 0.3) is 0 Å². The van der Waals surface area contributed by atoms with Gasteiger partial charge in [0.2, 0.25) is 11.8 Å². The van der Waals surface area contributed by atoms with Gasteiger partial charge in [0.15, 0.2) is 0 Å². The number of imide groups is 2. The molecule has 3 aromatic rings. The monoisotopic (exact) mass is 791 g/mol. The van der Waals surface area contributed by atoms with E-state index in [1.54, 1.807) is 30.3 Å². The molecule has 4 fully saturated rings. The third kappa shape index (κ3) is 8.34. The van der Waals surface area contributed by atoms with Crippen LogP contribution < -0.4 is 25.2 Å². The van der Waals surface area contributed by atoms with E-state index in [1.807, 2.05) is 18.2 Å². The van der Waals surface area contributed by atoms with E-state index >= 15 is 0 Å². The van der Waals surface area contributed by atoms with E-state index in [0.717, 1.165) is 101 Å². The number of rotatable bonds is 9. The quantitative estimate of drug-likeness (QED) is 0.290. The smallest absolute Gasteiger partial charge is 0.262 e. The number of nitrogens with one attached hydrogen (secondary N) is 2. The van der Waals surface area contributed by atoms with Gasteiger partial charge in [0, 0.05) is 81.3 Å². The van der Waals surface area contributed by atoms with Crippen LogP contribution in [0.3, 0.4) is 0 Å². The summed E-state index contributed by atoms with van der Waals surface area (Å²) in [6.07, 6.45) is 5.78. The molecule has 5 amide bonds. The van der Waals surface area contributed by atoms with Crippen LogP contribution in [-0.2, 0) is 9.59 Å². The fourth-order valence-electron chi connectivity index (χ4n) is 8.85. The lowest BCUT2D eigenvalue weighted by Gasteiger charge is -2.40. The summed E-state index contributed by atoms with van der Waals surface area (Å²) in [7, 11) is 0. The molecule has 0 radical (unpaired) electrons. The van der Waals surface area contributed by atoms with Crippen molar-refractivity contribution in [3.63, 3.8) is 0 Å². The first-order valence-electron chi connectivity index (χ1n) is 20.0. The van der Waals surface area contributed by atoms with Gasteiger partial charge in [-0.15, -0.1) is 0 Å². The molecule has 4 aliphatic heterocycles. The molecule has 0 unspecified atom stereocenters. The number of piperazine rings is 1. The van der Waals surface area contributed by atoms with Gasteiger partial charge in [0.05, 0.1) is 27.8 Å². The lowest BCUT2D eigenvalue weighted by atomic mass is 9.92. The average molecular weight is 792 g/mol. The van der Waals surface area contributed by atoms with Crippen LogP contribution >= 0.6 is 11.6 Å². The minimum Gasteiger partial charge on any atom is -0.490 e. The molecule has 3 saturated heterocycles. The Morgan fingerprint density at radius 3 is 2.16 bits per heavy atom. The number of carbonyl (C=O) groups is 5. The summed E-state index contributed by atoms with van der Waals surface area (Å²) >= 11 is 6.15. The lowest BCUT2D eigenvalue weighted by molar-refractivity contribution is -0.136. The Morgan fingerprint density at radius 1 is 0.789 bits per heavy atom.